The lowest BCUT2D eigenvalue weighted by Gasteiger charge is -2.24. The summed E-state index contributed by atoms with van der Waals surface area (Å²) in [7, 11) is 0. The Hall–Kier alpha value is -3.43. The normalized spacial score (nSPS) is 14.7. The average Bonchev–Trinajstić information content (AvgIpc) is 2.73. The Bertz CT molecular complexity index is 886. The maximum absolute atomic E-state index is 12.8. The van der Waals surface area contributed by atoms with Crippen LogP contribution in [0.5, 0.6) is 5.75 Å². The molecule has 0 aliphatic rings. The third kappa shape index (κ3) is 7.40. The lowest BCUT2D eigenvalue weighted by Crippen LogP contribution is -2.57. The molecule has 7 N–H and O–H groups in total. The molecule has 0 aliphatic carbocycles. The summed E-state index contributed by atoms with van der Waals surface area (Å²) in [5, 5.41) is 33.1. The Morgan fingerprint density at radius 2 is 1.48 bits per heavy atom. The molecule has 0 bridgehead atoms. The zero-order valence-corrected chi connectivity index (χ0v) is 17.1. The number of amides is 2. The Labute approximate surface area is 179 Å². The smallest absolute Gasteiger partial charge is 0.328 e. The molecule has 9 heteroatoms. The Morgan fingerprint density at radius 1 is 0.903 bits per heavy atom. The fourth-order valence-corrected chi connectivity index (χ4v) is 2.96. The van der Waals surface area contributed by atoms with E-state index in [-0.39, 0.29) is 18.6 Å². The van der Waals surface area contributed by atoms with E-state index in [1.165, 1.54) is 19.1 Å². The van der Waals surface area contributed by atoms with Crippen molar-refractivity contribution < 1.29 is 29.7 Å². The molecule has 0 aliphatic heterocycles. The number of carbonyl (C=O) groups is 3. The SMILES string of the molecule is C[C@@H](O)[C@H](NC(=O)[C@H](Cc1ccc(O)cc1)NC(=O)[C@@H](N)Cc1ccccc1)C(=O)O. The molecule has 0 unspecified atom stereocenters. The molecule has 166 valence electrons. The summed E-state index contributed by atoms with van der Waals surface area (Å²) in [5.74, 6) is -2.72. The van der Waals surface area contributed by atoms with Gasteiger partial charge in [-0.2, -0.15) is 0 Å². The number of rotatable bonds is 10. The molecule has 0 saturated heterocycles. The Kier molecular flexibility index (Phi) is 8.53. The first-order chi connectivity index (χ1) is 14.7. The quantitative estimate of drug-likeness (QED) is 0.308. The number of aliphatic carboxylic acids is 1. The molecule has 0 saturated carbocycles. The number of phenolic OH excluding ortho intramolecular Hbond substituents is 1. The summed E-state index contributed by atoms with van der Waals surface area (Å²) in [6.45, 7) is 1.24. The third-order valence-electron chi connectivity index (χ3n) is 4.69. The third-order valence-corrected chi connectivity index (χ3v) is 4.69. The lowest BCUT2D eigenvalue weighted by atomic mass is 10.0. The Morgan fingerprint density at radius 3 is 2.03 bits per heavy atom. The maximum Gasteiger partial charge on any atom is 0.328 e. The lowest BCUT2D eigenvalue weighted by molar-refractivity contribution is -0.145. The first-order valence-corrected chi connectivity index (χ1v) is 9.76. The number of aliphatic hydroxyl groups excluding tert-OH is 1. The molecule has 0 radical (unpaired) electrons. The fraction of sp³-hybridized carbons (Fsp3) is 0.318. The van der Waals surface area contributed by atoms with E-state index in [1.807, 2.05) is 30.3 Å². The van der Waals surface area contributed by atoms with Crippen molar-refractivity contribution >= 4 is 17.8 Å². The number of hydrogen-bond acceptors (Lipinski definition) is 6. The van der Waals surface area contributed by atoms with Crippen molar-refractivity contribution in [2.75, 3.05) is 0 Å². The van der Waals surface area contributed by atoms with E-state index in [9.17, 15) is 29.7 Å². The van der Waals surface area contributed by atoms with Gasteiger partial charge in [-0.3, -0.25) is 9.59 Å². The number of aliphatic hydroxyl groups is 1. The summed E-state index contributed by atoms with van der Waals surface area (Å²) in [4.78, 5) is 36.7. The second-order valence-corrected chi connectivity index (χ2v) is 7.29. The number of nitrogens with two attached hydrogens (primary N) is 1. The molecule has 4 atom stereocenters. The first-order valence-electron chi connectivity index (χ1n) is 9.76. The molecule has 0 heterocycles. The highest BCUT2D eigenvalue weighted by molar-refractivity contribution is 5.92. The fourth-order valence-electron chi connectivity index (χ4n) is 2.96. The molecule has 0 aromatic heterocycles. The second kappa shape index (κ2) is 11.1. The van der Waals surface area contributed by atoms with E-state index in [4.69, 9.17) is 5.73 Å². The molecule has 2 amide bonds. The van der Waals surface area contributed by atoms with Crippen molar-refractivity contribution in [3.63, 3.8) is 0 Å². The highest BCUT2D eigenvalue weighted by Crippen LogP contribution is 2.12. The van der Waals surface area contributed by atoms with Gasteiger partial charge in [-0.15, -0.1) is 0 Å². The van der Waals surface area contributed by atoms with Crippen LogP contribution in [0.2, 0.25) is 0 Å². The van der Waals surface area contributed by atoms with Gasteiger partial charge in [0, 0.05) is 6.42 Å². The largest absolute Gasteiger partial charge is 0.508 e. The molecule has 2 rings (SSSR count). The molecule has 2 aromatic rings. The topological polar surface area (TPSA) is 162 Å². The van der Waals surface area contributed by atoms with Crippen LogP contribution in [0.1, 0.15) is 18.1 Å². The molecule has 0 spiro atoms. The van der Waals surface area contributed by atoms with Gasteiger partial charge in [0.05, 0.1) is 12.1 Å². The zero-order valence-electron chi connectivity index (χ0n) is 17.1. The number of carboxylic acids is 1. The number of aromatic hydroxyl groups is 1. The van der Waals surface area contributed by atoms with Crippen molar-refractivity contribution in [2.45, 2.75) is 44.0 Å². The van der Waals surface area contributed by atoms with Crippen molar-refractivity contribution in [3.8, 4) is 5.75 Å². The van der Waals surface area contributed by atoms with Crippen molar-refractivity contribution in [1.82, 2.24) is 10.6 Å². The van der Waals surface area contributed by atoms with Crippen molar-refractivity contribution in [2.24, 2.45) is 5.73 Å². The predicted octanol–water partition coefficient (Wildman–Crippen LogP) is -0.0603. The van der Waals surface area contributed by atoms with Crippen molar-refractivity contribution in [3.05, 3.63) is 65.7 Å². The van der Waals surface area contributed by atoms with E-state index >= 15 is 0 Å². The van der Waals surface area contributed by atoms with Gasteiger partial charge in [0.15, 0.2) is 6.04 Å². The standard InChI is InChI=1S/C22H27N3O6/c1-13(26)19(22(30)31)25-21(29)18(12-15-7-9-16(27)10-8-15)24-20(28)17(23)11-14-5-3-2-4-6-14/h2-10,13,17-19,26-27H,11-12,23H2,1H3,(H,24,28)(H,25,29)(H,30,31)/t13-,17+,18+,19+/m1/s1. The van der Waals surface area contributed by atoms with Gasteiger partial charge >= 0.3 is 5.97 Å². The van der Waals surface area contributed by atoms with Crippen LogP contribution in [-0.2, 0) is 27.2 Å². The van der Waals surface area contributed by atoms with E-state index in [0.29, 0.717) is 5.56 Å². The van der Waals surface area contributed by atoms with E-state index in [1.54, 1.807) is 12.1 Å². The van der Waals surface area contributed by atoms with Crippen LogP contribution in [-0.4, -0.2) is 57.3 Å². The summed E-state index contributed by atoms with van der Waals surface area (Å²) in [5.41, 5.74) is 7.47. The van der Waals surface area contributed by atoms with Gasteiger partial charge in [-0.1, -0.05) is 42.5 Å². The number of benzene rings is 2. The Balaban J connectivity index is 2.15. The molecule has 2 aromatic carbocycles. The summed E-state index contributed by atoms with van der Waals surface area (Å²) < 4.78 is 0. The first kappa shape index (κ1) is 23.8. The minimum atomic E-state index is -1.54. The minimum absolute atomic E-state index is 0.0298. The number of nitrogens with one attached hydrogen (secondary N) is 2. The van der Waals surface area contributed by atoms with Gasteiger partial charge in [-0.25, -0.2) is 4.79 Å². The van der Waals surface area contributed by atoms with E-state index in [0.717, 1.165) is 5.56 Å². The number of hydrogen-bond donors (Lipinski definition) is 6. The van der Waals surface area contributed by atoms with Crippen LogP contribution in [0.25, 0.3) is 0 Å². The van der Waals surface area contributed by atoms with E-state index < -0.39 is 42.0 Å². The van der Waals surface area contributed by atoms with Crippen LogP contribution in [0.3, 0.4) is 0 Å². The van der Waals surface area contributed by atoms with Crippen LogP contribution < -0.4 is 16.4 Å². The number of carbonyl (C=O) groups excluding carboxylic acids is 2. The van der Waals surface area contributed by atoms with Gasteiger partial charge in [0.25, 0.3) is 0 Å². The minimum Gasteiger partial charge on any atom is -0.508 e. The van der Waals surface area contributed by atoms with Gasteiger partial charge in [0.1, 0.15) is 11.8 Å². The van der Waals surface area contributed by atoms with Crippen molar-refractivity contribution in [1.29, 1.82) is 0 Å². The van der Waals surface area contributed by atoms with Gasteiger partial charge in [-0.05, 0) is 36.6 Å². The van der Waals surface area contributed by atoms with Crippen LogP contribution in [0, 0.1) is 0 Å². The summed E-state index contributed by atoms with van der Waals surface area (Å²) in [6, 6.07) is 11.6. The van der Waals surface area contributed by atoms with Crippen LogP contribution in [0.4, 0.5) is 0 Å². The number of phenols is 1. The van der Waals surface area contributed by atoms with Crippen LogP contribution in [0.15, 0.2) is 54.6 Å². The van der Waals surface area contributed by atoms with Gasteiger partial charge < -0.3 is 31.7 Å². The van der Waals surface area contributed by atoms with Gasteiger partial charge in [0.2, 0.25) is 11.8 Å². The second-order valence-electron chi connectivity index (χ2n) is 7.29. The molecule has 9 nitrogen and oxygen atoms in total. The summed E-state index contributed by atoms with van der Waals surface area (Å²) in [6.07, 6.45) is -1.06. The maximum atomic E-state index is 12.8. The molecule has 0 fully saturated rings. The zero-order chi connectivity index (χ0) is 23.0. The number of carboxylic acid groups (broad SMARTS) is 1. The molecule has 31 heavy (non-hydrogen) atoms. The molecular formula is C22H27N3O6. The molecular weight excluding hydrogens is 402 g/mol. The summed E-state index contributed by atoms with van der Waals surface area (Å²) >= 11 is 0. The van der Waals surface area contributed by atoms with Crippen LogP contribution >= 0.6 is 0 Å². The monoisotopic (exact) mass is 429 g/mol. The van der Waals surface area contributed by atoms with E-state index in [2.05, 4.69) is 10.6 Å². The highest BCUT2D eigenvalue weighted by Gasteiger charge is 2.30. The predicted molar refractivity (Wildman–Crippen MR) is 113 cm³/mol. The highest BCUT2D eigenvalue weighted by atomic mass is 16.4. The average molecular weight is 429 g/mol.